The molecule has 0 saturated carbocycles. The zero-order valence-electron chi connectivity index (χ0n) is 14.5. The number of carboxylic acids is 1. The van der Waals surface area contributed by atoms with Gasteiger partial charge in [-0.25, -0.2) is 0 Å². The molecule has 0 aromatic heterocycles. The number of alkyl halides is 3. The number of hydrogen-bond donors (Lipinski definition) is 1. The largest absolute Gasteiger partial charge is 0.489 e. The monoisotopic (exact) mass is 379 g/mol. The minimum Gasteiger partial charge on any atom is -0.489 e. The van der Waals surface area contributed by atoms with Crippen LogP contribution < -0.4 is 9.64 Å². The Labute approximate surface area is 155 Å². The lowest BCUT2D eigenvalue weighted by molar-refractivity contribution is -0.169. The summed E-state index contributed by atoms with van der Waals surface area (Å²) in [5.74, 6) is -2.02. The molecule has 2 atom stereocenters. The summed E-state index contributed by atoms with van der Waals surface area (Å²) in [5, 5.41) is 9.02. The molecule has 0 amide bonds. The van der Waals surface area contributed by atoms with Crippen LogP contribution in [-0.4, -0.2) is 29.8 Å². The molecule has 2 aromatic carbocycles. The van der Waals surface area contributed by atoms with Crippen molar-refractivity contribution in [3.05, 3.63) is 60.2 Å². The summed E-state index contributed by atoms with van der Waals surface area (Å²) >= 11 is 0. The first-order valence-electron chi connectivity index (χ1n) is 8.65. The Morgan fingerprint density at radius 2 is 1.78 bits per heavy atom. The number of carboxylic acid groups (broad SMARTS) is 1. The first-order valence-corrected chi connectivity index (χ1v) is 8.65. The number of anilines is 1. The van der Waals surface area contributed by atoms with Crippen LogP contribution >= 0.6 is 0 Å². The van der Waals surface area contributed by atoms with Gasteiger partial charge >= 0.3 is 12.1 Å². The zero-order chi connectivity index (χ0) is 19.4. The highest BCUT2D eigenvalue weighted by Gasteiger charge is 2.47. The normalized spacial score (nSPS) is 19.9. The minimum atomic E-state index is -4.33. The summed E-state index contributed by atoms with van der Waals surface area (Å²) in [5.41, 5.74) is 1.58. The maximum atomic E-state index is 13.1. The molecule has 1 aliphatic rings. The van der Waals surface area contributed by atoms with E-state index in [1.165, 1.54) is 4.90 Å². The summed E-state index contributed by atoms with van der Waals surface area (Å²) in [7, 11) is 0. The van der Waals surface area contributed by atoms with Gasteiger partial charge in [-0.1, -0.05) is 30.3 Å². The lowest BCUT2D eigenvalue weighted by Gasteiger charge is -2.26. The van der Waals surface area contributed by atoms with E-state index in [1.807, 2.05) is 30.3 Å². The molecule has 3 rings (SSSR count). The highest BCUT2D eigenvalue weighted by molar-refractivity contribution is 5.69. The van der Waals surface area contributed by atoms with E-state index in [9.17, 15) is 18.0 Å². The van der Waals surface area contributed by atoms with E-state index in [-0.39, 0.29) is 19.4 Å². The molecule has 1 fully saturated rings. The first kappa shape index (κ1) is 19.1. The Bertz CT molecular complexity index is 762. The van der Waals surface area contributed by atoms with E-state index >= 15 is 0 Å². The van der Waals surface area contributed by atoms with Crippen LogP contribution in [0.4, 0.5) is 18.9 Å². The average Bonchev–Trinajstić information content (AvgIpc) is 3.05. The van der Waals surface area contributed by atoms with Crippen LogP contribution in [0.2, 0.25) is 0 Å². The Morgan fingerprint density at radius 3 is 2.37 bits per heavy atom. The fourth-order valence-corrected chi connectivity index (χ4v) is 3.34. The number of nitrogens with zero attached hydrogens (tertiary/aromatic N) is 1. The molecular formula is C20H20F3NO3. The third-order valence-electron chi connectivity index (χ3n) is 4.70. The maximum absolute atomic E-state index is 13.1. The number of aliphatic carboxylic acids is 1. The third-order valence-corrected chi connectivity index (χ3v) is 4.70. The average molecular weight is 379 g/mol. The minimum absolute atomic E-state index is 0.206. The Morgan fingerprint density at radius 1 is 1.11 bits per heavy atom. The predicted octanol–water partition coefficient (Wildman–Crippen LogP) is 4.50. The Balaban J connectivity index is 1.69. The van der Waals surface area contributed by atoms with Crippen LogP contribution in [0, 0.1) is 5.92 Å². The topological polar surface area (TPSA) is 49.8 Å². The van der Waals surface area contributed by atoms with Crippen molar-refractivity contribution >= 4 is 11.7 Å². The van der Waals surface area contributed by atoms with Gasteiger partial charge in [0.25, 0.3) is 0 Å². The summed E-state index contributed by atoms with van der Waals surface area (Å²) in [6.45, 7) is 0.160. The highest BCUT2D eigenvalue weighted by Crippen LogP contribution is 2.40. The van der Waals surface area contributed by atoms with E-state index in [2.05, 4.69) is 0 Å². The van der Waals surface area contributed by atoms with Crippen LogP contribution in [0.25, 0.3) is 0 Å². The highest BCUT2D eigenvalue weighted by atomic mass is 19.4. The number of ether oxygens (including phenoxy) is 1. The first-order chi connectivity index (χ1) is 12.8. The number of benzene rings is 2. The van der Waals surface area contributed by atoms with Gasteiger partial charge in [0.1, 0.15) is 12.4 Å². The number of hydrogen-bond acceptors (Lipinski definition) is 3. The molecule has 1 N–H and O–H groups in total. The van der Waals surface area contributed by atoms with Gasteiger partial charge in [0.05, 0.1) is 12.3 Å². The maximum Gasteiger partial charge on any atom is 0.393 e. The SMILES string of the molecule is O=C(O)C[C@@H]1C[C@H](C(F)(F)F)CN1c1ccc(OCc2ccccc2)cc1. The number of carbonyl (C=O) groups is 1. The van der Waals surface area contributed by atoms with E-state index in [0.29, 0.717) is 18.0 Å². The quantitative estimate of drug-likeness (QED) is 0.803. The third kappa shape index (κ3) is 4.93. The van der Waals surface area contributed by atoms with Crippen LogP contribution in [0.1, 0.15) is 18.4 Å². The number of rotatable bonds is 6. The van der Waals surface area contributed by atoms with Gasteiger partial charge in [0, 0.05) is 18.3 Å². The smallest absolute Gasteiger partial charge is 0.393 e. The van der Waals surface area contributed by atoms with E-state index in [0.717, 1.165) is 5.56 Å². The molecule has 0 radical (unpaired) electrons. The predicted molar refractivity (Wildman–Crippen MR) is 94.8 cm³/mol. The summed E-state index contributed by atoms with van der Waals surface area (Å²) in [6, 6.07) is 15.7. The van der Waals surface area contributed by atoms with Crippen molar-refractivity contribution in [2.24, 2.45) is 5.92 Å². The van der Waals surface area contributed by atoms with Gasteiger partial charge in [0.15, 0.2) is 0 Å². The van der Waals surface area contributed by atoms with E-state index in [4.69, 9.17) is 9.84 Å². The van der Waals surface area contributed by atoms with E-state index < -0.39 is 24.1 Å². The number of halogens is 3. The van der Waals surface area contributed by atoms with Crippen molar-refractivity contribution in [2.45, 2.75) is 31.7 Å². The Kier molecular flexibility index (Phi) is 5.58. The fourth-order valence-electron chi connectivity index (χ4n) is 3.34. The van der Waals surface area contributed by atoms with Crippen LogP contribution in [0.15, 0.2) is 54.6 Å². The fraction of sp³-hybridized carbons (Fsp3) is 0.350. The van der Waals surface area contributed by atoms with Crippen molar-refractivity contribution in [3.63, 3.8) is 0 Å². The van der Waals surface area contributed by atoms with Gasteiger partial charge in [-0.3, -0.25) is 4.79 Å². The molecule has 0 spiro atoms. The summed E-state index contributed by atoms with van der Waals surface area (Å²) < 4.78 is 45.0. The van der Waals surface area contributed by atoms with Crippen molar-refractivity contribution < 1.29 is 27.8 Å². The van der Waals surface area contributed by atoms with Crippen LogP contribution in [-0.2, 0) is 11.4 Å². The van der Waals surface area contributed by atoms with Crippen molar-refractivity contribution in [1.29, 1.82) is 0 Å². The van der Waals surface area contributed by atoms with Gasteiger partial charge in [-0.05, 0) is 36.2 Å². The Hall–Kier alpha value is -2.70. The van der Waals surface area contributed by atoms with Crippen molar-refractivity contribution in [1.82, 2.24) is 0 Å². The molecule has 144 valence electrons. The van der Waals surface area contributed by atoms with E-state index in [1.54, 1.807) is 24.3 Å². The molecule has 1 heterocycles. The van der Waals surface area contributed by atoms with Crippen molar-refractivity contribution in [2.75, 3.05) is 11.4 Å². The molecule has 0 bridgehead atoms. The van der Waals surface area contributed by atoms with Crippen molar-refractivity contribution in [3.8, 4) is 5.75 Å². The lowest BCUT2D eigenvalue weighted by atomic mass is 10.0. The van der Waals surface area contributed by atoms with Gasteiger partial charge in [-0.15, -0.1) is 0 Å². The standard InChI is InChI=1S/C20H20F3NO3/c21-20(22,23)15-10-17(11-19(25)26)24(12-15)16-6-8-18(9-7-16)27-13-14-4-2-1-3-5-14/h1-9,15,17H,10-13H2,(H,25,26)/t15-,17-/m0/s1. The summed E-state index contributed by atoms with van der Waals surface area (Å²) in [6.07, 6.45) is -4.86. The molecule has 7 heteroatoms. The lowest BCUT2D eigenvalue weighted by Crippen LogP contribution is -2.32. The van der Waals surface area contributed by atoms with Gasteiger partial charge < -0.3 is 14.7 Å². The van der Waals surface area contributed by atoms with Crippen LogP contribution in [0.3, 0.4) is 0 Å². The van der Waals surface area contributed by atoms with Gasteiger partial charge in [0.2, 0.25) is 0 Å². The molecule has 0 aliphatic carbocycles. The molecule has 1 saturated heterocycles. The zero-order valence-corrected chi connectivity index (χ0v) is 14.5. The van der Waals surface area contributed by atoms with Gasteiger partial charge in [-0.2, -0.15) is 13.2 Å². The molecular weight excluding hydrogens is 359 g/mol. The molecule has 4 nitrogen and oxygen atoms in total. The summed E-state index contributed by atoms with van der Waals surface area (Å²) in [4.78, 5) is 12.6. The molecule has 0 unspecified atom stereocenters. The molecule has 2 aromatic rings. The second kappa shape index (κ2) is 7.90. The second-order valence-electron chi connectivity index (χ2n) is 6.65. The second-order valence-corrected chi connectivity index (χ2v) is 6.65. The molecule has 27 heavy (non-hydrogen) atoms. The molecule has 1 aliphatic heterocycles. The van der Waals surface area contributed by atoms with Crippen LogP contribution in [0.5, 0.6) is 5.75 Å².